The molecular formula is C19H25N3O. The summed E-state index contributed by atoms with van der Waals surface area (Å²) in [6.07, 6.45) is 0.887. The van der Waals surface area contributed by atoms with Crippen molar-refractivity contribution in [3.8, 4) is 0 Å². The van der Waals surface area contributed by atoms with Crippen LogP contribution in [0.1, 0.15) is 22.8 Å². The molecule has 4 heteroatoms. The summed E-state index contributed by atoms with van der Waals surface area (Å²) in [5, 5.41) is 2.28. The summed E-state index contributed by atoms with van der Waals surface area (Å²) in [5.41, 5.74) is 7.65. The lowest BCUT2D eigenvalue weighted by molar-refractivity contribution is 0.0643. The SMILES string of the molecule is CCN1CCN(C(=O)c2ccc3cc(CCN)ccc3c2)CC1. The summed E-state index contributed by atoms with van der Waals surface area (Å²) < 4.78 is 0. The zero-order valence-corrected chi connectivity index (χ0v) is 13.8. The van der Waals surface area contributed by atoms with Crippen molar-refractivity contribution in [2.45, 2.75) is 13.3 Å². The van der Waals surface area contributed by atoms with Gasteiger partial charge in [-0.05, 0) is 48.0 Å². The maximum atomic E-state index is 12.7. The second-order valence-electron chi connectivity index (χ2n) is 6.16. The van der Waals surface area contributed by atoms with E-state index in [2.05, 4.69) is 30.0 Å². The monoisotopic (exact) mass is 311 g/mol. The van der Waals surface area contributed by atoms with E-state index >= 15 is 0 Å². The van der Waals surface area contributed by atoms with Crippen molar-refractivity contribution in [3.05, 3.63) is 47.5 Å². The van der Waals surface area contributed by atoms with Gasteiger partial charge in [0.05, 0.1) is 0 Å². The second kappa shape index (κ2) is 7.11. The molecule has 0 atom stereocenters. The standard InChI is InChI=1S/C19H25N3O/c1-2-21-9-11-22(12-10-21)19(23)18-6-5-16-13-15(7-8-20)3-4-17(16)14-18/h3-6,13-14H,2,7-12,20H2,1H3. The van der Waals surface area contributed by atoms with Crippen LogP contribution in [0.4, 0.5) is 0 Å². The van der Waals surface area contributed by atoms with Crippen molar-refractivity contribution in [3.63, 3.8) is 0 Å². The normalized spacial score (nSPS) is 16.0. The predicted molar refractivity (Wildman–Crippen MR) is 94.7 cm³/mol. The van der Waals surface area contributed by atoms with Crippen molar-refractivity contribution in [2.75, 3.05) is 39.3 Å². The Bertz CT molecular complexity index is 690. The van der Waals surface area contributed by atoms with Crippen molar-refractivity contribution < 1.29 is 4.79 Å². The van der Waals surface area contributed by atoms with Gasteiger partial charge in [0.2, 0.25) is 0 Å². The van der Waals surface area contributed by atoms with E-state index < -0.39 is 0 Å². The van der Waals surface area contributed by atoms with Gasteiger partial charge in [-0.15, -0.1) is 0 Å². The van der Waals surface area contributed by atoms with Gasteiger partial charge in [-0.3, -0.25) is 4.79 Å². The molecule has 23 heavy (non-hydrogen) atoms. The van der Waals surface area contributed by atoms with Gasteiger partial charge in [0.15, 0.2) is 0 Å². The molecule has 0 spiro atoms. The number of piperazine rings is 1. The highest BCUT2D eigenvalue weighted by Crippen LogP contribution is 2.20. The Hall–Kier alpha value is -1.91. The fraction of sp³-hybridized carbons (Fsp3) is 0.421. The molecule has 2 aromatic rings. The topological polar surface area (TPSA) is 49.6 Å². The van der Waals surface area contributed by atoms with Crippen LogP contribution in [-0.4, -0.2) is 55.0 Å². The Labute approximate surface area is 137 Å². The maximum absolute atomic E-state index is 12.7. The summed E-state index contributed by atoms with van der Waals surface area (Å²) in [6.45, 7) is 7.46. The van der Waals surface area contributed by atoms with Gasteiger partial charge in [-0.25, -0.2) is 0 Å². The van der Waals surface area contributed by atoms with E-state index in [1.54, 1.807) is 0 Å². The third kappa shape index (κ3) is 3.54. The number of hydrogen-bond acceptors (Lipinski definition) is 3. The number of carbonyl (C=O) groups excluding carboxylic acids is 1. The van der Waals surface area contributed by atoms with Gasteiger partial charge in [0.25, 0.3) is 5.91 Å². The smallest absolute Gasteiger partial charge is 0.253 e. The van der Waals surface area contributed by atoms with Crippen LogP contribution in [0.3, 0.4) is 0 Å². The Morgan fingerprint density at radius 2 is 1.74 bits per heavy atom. The van der Waals surface area contributed by atoms with E-state index in [0.717, 1.165) is 50.1 Å². The average molecular weight is 311 g/mol. The molecule has 0 unspecified atom stereocenters. The quantitative estimate of drug-likeness (QED) is 0.941. The van der Waals surface area contributed by atoms with Crippen LogP contribution in [-0.2, 0) is 6.42 Å². The number of carbonyl (C=O) groups is 1. The van der Waals surface area contributed by atoms with Crippen LogP contribution in [0, 0.1) is 0 Å². The molecule has 0 aliphatic carbocycles. The van der Waals surface area contributed by atoms with Crippen LogP contribution in [0.5, 0.6) is 0 Å². The zero-order valence-electron chi connectivity index (χ0n) is 13.8. The Balaban J connectivity index is 1.77. The molecule has 1 fully saturated rings. The minimum absolute atomic E-state index is 0.147. The molecule has 0 saturated carbocycles. The van der Waals surface area contributed by atoms with E-state index in [9.17, 15) is 4.79 Å². The molecular weight excluding hydrogens is 286 g/mol. The lowest BCUT2D eigenvalue weighted by atomic mass is 10.0. The number of rotatable bonds is 4. The van der Waals surface area contributed by atoms with Crippen LogP contribution >= 0.6 is 0 Å². The van der Waals surface area contributed by atoms with E-state index in [4.69, 9.17) is 5.73 Å². The number of benzene rings is 2. The van der Waals surface area contributed by atoms with Crippen molar-refractivity contribution >= 4 is 16.7 Å². The molecule has 1 aliphatic rings. The number of fused-ring (bicyclic) bond motifs is 1. The second-order valence-corrected chi connectivity index (χ2v) is 6.16. The van der Waals surface area contributed by atoms with Crippen LogP contribution < -0.4 is 5.73 Å². The minimum atomic E-state index is 0.147. The molecule has 1 saturated heterocycles. The third-order valence-electron chi connectivity index (χ3n) is 4.69. The number of nitrogens with two attached hydrogens (primary N) is 1. The van der Waals surface area contributed by atoms with Crippen LogP contribution in [0.25, 0.3) is 10.8 Å². The van der Waals surface area contributed by atoms with Gasteiger partial charge in [-0.1, -0.05) is 31.2 Å². The molecule has 1 amide bonds. The highest BCUT2D eigenvalue weighted by Gasteiger charge is 2.21. The van der Waals surface area contributed by atoms with Gasteiger partial charge in [-0.2, -0.15) is 0 Å². The van der Waals surface area contributed by atoms with Crippen LogP contribution in [0.15, 0.2) is 36.4 Å². The fourth-order valence-corrected chi connectivity index (χ4v) is 3.20. The molecule has 4 nitrogen and oxygen atoms in total. The summed E-state index contributed by atoms with van der Waals surface area (Å²) in [7, 11) is 0. The van der Waals surface area contributed by atoms with Gasteiger partial charge >= 0.3 is 0 Å². The average Bonchev–Trinajstić information content (AvgIpc) is 2.61. The molecule has 122 valence electrons. The van der Waals surface area contributed by atoms with E-state index in [1.807, 2.05) is 23.1 Å². The van der Waals surface area contributed by atoms with Crippen molar-refractivity contribution in [1.29, 1.82) is 0 Å². The summed E-state index contributed by atoms with van der Waals surface area (Å²) in [6, 6.07) is 12.4. The highest BCUT2D eigenvalue weighted by atomic mass is 16.2. The summed E-state index contributed by atoms with van der Waals surface area (Å²) in [5.74, 6) is 0.147. The molecule has 1 aliphatic heterocycles. The van der Waals surface area contributed by atoms with E-state index in [-0.39, 0.29) is 5.91 Å². The third-order valence-corrected chi connectivity index (χ3v) is 4.69. The Morgan fingerprint density at radius 1 is 1.04 bits per heavy atom. The largest absolute Gasteiger partial charge is 0.336 e. The van der Waals surface area contributed by atoms with Crippen LogP contribution in [0.2, 0.25) is 0 Å². The lowest BCUT2D eigenvalue weighted by Crippen LogP contribution is -2.48. The zero-order chi connectivity index (χ0) is 16.2. The predicted octanol–water partition coefficient (Wildman–Crippen LogP) is 2.12. The van der Waals surface area contributed by atoms with Gasteiger partial charge in [0, 0.05) is 31.7 Å². The molecule has 0 radical (unpaired) electrons. The van der Waals surface area contributed by atoms with Gasteiger partial charge < -0.3 is 15.5 Å². The first kappa shape index (κ1) is 16.0. The number of nitrogens with zero attached hydrogens (tertiary/aromatic N) is 2. The Morgan fingerprint density at radius 3 is 2.43 bits per heavy atom. The lowest BCUT2D eigenvalue weighted by Gasteiger charge is -2.34. The molecule has 1 heterocycles. The molecule has 0 aromatic heterocycles. The van der Waals surface area contributed by atoms with E-state index in [1.165, 1.54) is 10.9 Å². The number of amides is 1. The molecule has 2 N–H and O–H groups in total. The Kier molecular flexibility index (Phi) is 4.94. The summed E-state index contributed by atoms with van der Waals surface area (Å²) >= 11 is 0. The highest BCUT2D eigenvalue weighted by molar-refractivity contribution is 5.98. The number of likely N-dealkylation sites (N-methyl/N-ethyl adjacent to an activating group) is 1. The first-order chi connectivity index (χ1) is 11.2. The van der Waals surface area contributed by atoms with E-state index in [0.29, 0.717) is 6.54 Å². The van der Waals surface area contributed by atoms with Crippen molar-refractivity contribution in [1.82, 2.24) is 9.80 Å². The molecule has 2 aromatic carbocycles. The number of hydrogen-bond donors (Lipinski definition) is 1. The summed E-state index contributed by atoms with van der Waals surface area (Å²) in [4.78, 5) is 17.0. The molecule has 0 bridgehead atoms. The van der Waals surface area contributed by atoms with Gasteiger partial charge in [0.1, 0.15) is 0 Å². The maximum Gasteiger partial charge on any atom is 0.253 e. The molecule has 3 rings (SSSR count). The first-order valence-corrected chi connectivity index (χ1v) is 8.45. The first-order valence-electron chi connectivity index (χ1n) is 8.45. The van der Waals surface area contributed by atoms with Crippen molar-refractivity contribution in [2.24, 2.45) is 5.73 Å². The minimum Gasteiger partial charge on any atom is -0.336 e. The fourth-order valence-electron chi connectivity index (χ4n) is 3.20.